The highest BCUT2D eigenvalue weighted by atomic mass is 19.1. The summed E-state index contributed by atoms with van der Waals surface area (Å²) in [6, 6.07) is 5.63. The van der Waals surface area contributed by atoms with Crippen LogP contribution in [0.1, 0.15) is 30.1 Å². The molecule has 0 aliphatic heterocycles. The van der Waals surface area contributed by atoms with E-state index < -0.39 is 0 Å². The number of aromatic nitrogens is 3. The zero-order valence-corrected chi connectivity index (χ0v) is 11.2. The van der Waals surface area contributed by atoms with Gasteiger partial charge in [-0.3, -0.25) is 0 Å². The third kappa shape index (κ3) is 2.51. The summed E-state index contributed by atoms with van der Waals surface area (Å²) in [6.07, 6.45) is 2.37. The monoisotopic (exact) mass is 260 g/mol. The van der Waals surface area contributed by atoms with Crippen LogP contribution in [0.4, 0.5) is 4.39 Å². The Morgan fingerprint density at radius 1 is 1.37 bits per heavy atom. The Labute approximate surface area is 111 Å². The van der Waals surface area contributed by atoms with Crippen molar-refractivity contribution >= 4 is 0 Å². The molecule has 0 saturated heterocycles. The van der Waals surface area contributed by atoms with E-state index in [0.717, 1.165) is 11.5 Å². The standard InChI is InChI=1S/C14H17FN4/c1-9-17-10(2)19(18-9)14-5-3-4-13(15)12(14)8-16-11-6-7-11/h3-5,11,16H,6-8H2,1-2H3. The van der Waals surface area contributed by atoms with Crippen LogP contribution in [-0.4, -0.2) is 20.8 Å². The minimum Gasteiger partial charge on any atom is -0.310 e. The lowest BCUT2D eigenvalue weighted by Gasteiger charge is -2.12. The first-order valence-electron chi connectivity index (χ1n) is 6.56. The summed E-state index contributed by atoms with van der Waals surface area (Å²) in [5.41, 5.74) is 1.42. The number of nitrogens with zero attached hydrogens (tertiary/aromatic N) is 3. The second kappa shape index (κ2) is 4.74. The van der Waals surface area contributed by atoms with Crippen LogP contribution in [0.3, 0.4) is 0 Å². The van der Waals surface area contributed by atoms with Gasteiger partial charge in [-0.05, 0) is 38.8 Å². The molecule has 19 heavy (non-hydrogen) atoms. The molecule has 2 aromatic rings. The number of rotatable bonds is 4. The summed E-state index contributed by atoms with van der Waals surface area (Å²) in [5.74, 6) is 1.27. The van der Waals surface area contributed by atoms with Crippen molar-refractivity contribution in [3.05, 3.63) is 41.2 Å². The van der Waals surface area contributed by atoms with E-state index >= 15 is 0 Å². The van der Waals surface area contributed by atoms with Gasteiger partial charge in [0.15, 0.2) is 0 Å². The van der Waals surface area contributed by atoms with E-state index in [-0.39, 0.29) is 5.82 Å². The minimum absolute atomic E-state index is 0.196. The van der Waals surface area contributed by atoms with Crippen molar-refractivity contribution < 1.29 is 4.39 Å². The third-order valence-corrected chi connectivity index (χ3v) is 3.34. The van der Waals surface area contributed by atoms with Gasteiger partial charge in [0.05, 0.1) is 5.69 Å². The molecule has 4 nitrogen and oxygen atoms in total. The number of aryl methyl sites for hydroxylation is 2. The molecule has 1 aliphatic rings. The quantitative estimate of drug-likeness (QED) is 0.917. The van der Waals surface area contributed by atoms with Crippen LogP contribution >= 0.6 is 0 Å². The van der Waals surface area contributed by atoms with Crippen molar-refractivity contribution in [2.45, 2.75) is 39.3 Å². The molecule has 0 bridgehead atoms. The van der Waals surface area contributed by atoms with Crippen LogP contribution in [-0.2, 0) is 6.54 Å². The summed E-state index contributed by atoms with van der Waals surface area (Å²) in [6.45, 7) is 4.25. The van der Waals surface area contributed by atoms with Gasteiger partial charge >= 0.3 is 0 Å². The molecule has 0 unspecified atom stereocenters. The van der Waals surface area contributed by atoms with Gasteiger partial charge < -0.3 is 5.32 Å². The zero-order valence-electron chi connectivity index (χ0n) is 11.2. The highest BCUT2D eigenvalue weighted by Crippen LogP contribution is 2.23. The van der Waals surface area contributed by atoms with Crippen LogP contribution in [0.25, 0.3) is 5.69 Å². The maximum atomic E-state index is 14.0. The first-order chi connectivity index (χ1) is 9.15. The Morgan fingerprint density at radius 3 is 2.79 bits per heavy atom. The van der Waals surface area contributed by atoms with E-state index in [4.69, 9.17) is 0 Å². The fourth-order valence-corrected chi connectivity index (χ4v) is 2.20. The van der Waals surface area contributed by atoms with Crippen molar-refractivity contribution in [3.63, 3.8) is 0 Å². The van der Waals surface area contributed by atoms with E-state index in [2.05, 4.69) is 15.4 Å². The first-order valence-corrected chi connectivity index (χ1v) is 6.56. The Bertz CT molecular complexity index is 601. The van der Waals surface area contributed by atoms with E-state index in [1.165, 1.54) is 18.9 Å². The number of hydrogen-bond donors (Lipinski definition) is 1. The van der Waals surface area contributed by atoms with Gasteiger partial charge in [0.2, 0.25) is 0 Å². The van der Waals surface area contributed by atoms with Gasteiger partial charge in [0, 0.05) is 18.2 Å². The Kier molecular flexibility index (Phi) is 3.06. The summed E-state index contributed by atoms with van der Waals surface area (Å²) in [7, 11) is 0. The fourth-order valence-electron chi connectivity index (χ4n) is 2.20. The second-order valence-electron chi connectivity index (χ2n) is 5.01. The van der Waals surface area contributed by atoms with Crippen molar-refractivity contribution in [3.8, 4) is 5.69 Å². The summed E-state index contributed by atoms with van der Waals surface area (Å²) < 4.78 is 15.8. The highest BCUT2D eigenvalue weighted by Gasteiger charge is 2.22. The molecule has 1 aromatic heterocycles. The molecule has 0 amide bonds. The van der Waals surface area contributed by atoms with Crippen molar-refractivity contribution in [2.75, 3.05) is 0 Å². The maximum Gasteiger partial charge on any atom is 0.148 e. The van der Waals surface area contributed by atoms with Gasteiger partial charge in [0.1, 0.15) is 17.5 Å². The molecule has 1 aliphatic carbocycles. The summed E-state index contributed by atoms with van der Waals surface area (Å²) in [4.78, 5) is 4.27. The lowest BCUT2D eigenvalue weighted by atomic mass is 10.1. The molecule has 100 valence electrons. The predicted octanol–water partition coefficient (Wildman–Crippen LogP) is 2.28. The summed E-state index contributed by atoms with van der Waals surface area (Å²) >= 11 is 0. The third-order valence-electron chi connectivity index (χ3n) is 3.34. The highest BCUT2D eigenvalue weighted by molar-refractivity contribution is 5.42. The summed E-state index contributed by atoms with van der Waals surface area (Å²) in [5, 5.41) is 7.68. The molecule has 0 radical (unpaired) electrons. The maximum absolute atomic E-state index is 14.0. The van der Waals surface area contributed by atoms with Gasteiger partial charge in [-0.2, -0.15) is 5.10 Å². The normalized spacial score (nSPS) is 14.9. The molecule has 0 spiro atoms. The minimum atomic E-state index is -0.196. The molecule has 1 aromatic carbocycles. The molecule has 1 heterocycles. The van der Waals surface area contributed by atoms with E-state index in [0.29, 0.717) is 24.0 Å². The van der Waals surface area contributed by atoms with Crippen LogP contribution in [0.5, 0.6) is 0 Å². The van der Waals surface area contributed by atoms with Crippen molar-refractivity contribution in [1.82, 2.24) is 20.1 Å². The topological polar surface area (TPSA) is 42.7 Å². The predicted molar refractivity (Wildman–Crippen MR) is 70.7 cm³/mol. The number of nitrogens with one attached hydrogen (secondary N) is 1. The molecular formula is C14H17FN4. The number of halogens is 1. The fraction of sp³-hybridized carbons (Fsp3) is 0.429. The van der Waals surface area contributed by atoms with E-state index in [1.54, 1.807) is 10.7 Å². The van der Waals surface area contributed by atoms with Crippen LogP contribution in [0, 0.1) is 19.7 Å². The zero-order chi connectivity index (χ0) is 13.4. The van der Waals surface area contributed by atoms with Crippen molar-refractivity contribution in [1.29, 1.82) is 0 Å². The molecular weight excluding hydrogens is 243 g/mol. The average Bonchev–Trinajstić information content (AvgIpc) is 3.12. The van der Waals surface area contributed by atoms with E-state index in [9.17, 15) is 4.39 Å². The van der Waals surface area contributed by atoms with Crippen LogP contribution in [0.2, 0.25) is 0 Å². The molecule has 1 fully saturated rings. The number of benzene rings is 1. The van der Waals surface area contributed by atoms with Gasteiger partial charge in [-0.25, -0.2) is 14.1 Å². The SMILES string of the molecule is Cc1nc(C)n(-c2cccc(F)c2CNC2CC2)n1. The lowest BCUT2D eigenvalue weighted by molar-refractivity contribution is 0.581. The van der Waals surface area contributed by atoms with E-state index in [1.807, 2.05) is 19.9 Å². The van der Waals surface area contributed by atoms with Crippen molar-refractivity contribution in [2.24, 2.45) is 0 Å². The molecule has 3 rings (SSSR count). The largest absolute Gasteiger partial charge is 0.310 e. The van der Waals surface area contributed by atoms with Gasteiger partial charge in [-0.15, -0.1) is 0 Å². The molecule has 5 heteroatoms. The Hall–Kier alpha value is -1.75. The lowest BCUT2D eigenvalue weighted by Crippen LogP contribution is -2.18. The molecule has 1 N–H and O–H groups in total. The van der Waals surface area contributed by atoms with Crippen LogP contribution < -0.4 is 5.32 Å². The van der Waals surface area contributed by atoms with Gasteiger partial charge in [0.25, 0.3) is 0 Å². The molecule has 1 saturated carbocycles. The molecule has 0 atom stereocenters. The second-order valence-corrected chi connectivity index (χ2v) is 5.01. The Balaban J connectivity index is 1.99. The van der Waals surface area contributed by atoms with Crippen LogP contribution in [0.15, 0.2) is 18.2 Å². The smallest absolute Gasteiger partial charge is 0.148 e. The average molecular weight is 260 g/mol. The Morgan fingerprint density at radius 2 is 2.16 bits per heavy atom. The first kappa shape index (κ1) is 12.3. The number of hydrogen-bond acceptors (Lipinski definition) is 3. The van der Waals surface area contributed by atoms with Gasteiger partial charge in [-0.1, -0.05) is 6.07 Å².